The molecule has 2 heterocycles. The lowest BCUT2D eigenvalue weighted by atomic mass is 10.1. The lowest BCUT2D eigenvalue weighted by Crippen LogP contribution is -2.39. The maximum atomic E-state index is 14.0. The Kier molecular flexibility index (Phi) is 3.56. The molecule has 2 saturated heterocycles. The molecule has 2 aliphatic heterocycles. The van der Waals surface area contributed by atoms with E-state index in [4.69, 9.17) is 0 Å². The fourth-order valence-corrected chi connectivity index (χ4v) is 4.63. The van der Waals surface area contributed by atoms with Crippen molar-refractivity contribution < 1.29 is 12.8 Å². The van der Waals surface area contributed by atoms with Crippen molar-refractivity contribution in [1.29, 1.82) is 0 Å². The van der Waals surface area contributed by atoms with Crippen LogP contribution in [-0.2, 0) is 10.0 Å². The highest BCUT2D eigenvalue weighted by molar-refractivity contribution is 7.89. The Labute approximate surface area is 119 Å². The Bertz CT molecular complexity index is 618. The molecule has 2 atom stereocenters. The van der Waals surface area contributed by atoms with Gasteiger partial charge in [0, 0.05) is 25.2 Å². The fraction of sp³-hybridized carbons (Fsp3) is 0.571. The second kappa shape index (κ2) is 5.09. The van der Waals surface area contributed by atoms with E-state index in [1.807, 2.05) is 0 Å². The SMILES string of the molecule is Cc1ccc(S(=O)(=O)N2CCC3CCC(C2)N3)c(F)c1. The minimum absolute atomic E-state index is 0.200. The number of aryl methyl sites for hydroxylation is 1. The highest BCUT2D eigenvalue weighted by Crippen LogP contribution is 2.26. The van der Waals surface area contributed by atoms with Crippen LogP contribution in [0.3, 0.4) is 0 Å². The van der Waals surface area contributed by atoms with Gasteiger partial charge in [-0.3, -0.25) is 0 Å². The minimum atomic E-state index is -3.74. The molecule has 3 rings (SSSR count). The summed E-state index contributed by atoms with van der Waals surface area (Å²) >= 11 is 0. The van der Waals surface area contributed by atoms with Crippen molar-refractivity contribution >= 4 is 10.0 Å². The largest absolute Gasteiger partial charge is 0.310 e. The number of rotatable bonds is 2. The van der Waals surface area contributed by atoms with Crippen LogP contribution < -0.4 is 5.32 Å². The normalized spacial score (nSPS) is 27.5. The van der Waals surface area contributed by atoms with Crippen molar-refractivity contribution in [2.24, 2.45) is 0 Å². The fourth-order valence-electron chi connectivity index (χ4n) is 3.08. The molecule has 0 aliphatic carbocycles. The van der Waals surface area contributed by atoms with Crippen molar-refractivity contribution in [3.63, 3.8) is 0 Å². The van der Waals surface area contributed by atoms with E-state index in [2.05, 4.69) is 5.32 Å². The standard InChI is InChI=1S/C14H19FN2O2S/c1-10-2-5-14(13(15)8-10)20(18,19)17-7-6-11-3-4-12(9-17)16-11/h2,5,8,11-12,16H,3-4,6-7,9H2,1H3. The maximum absolute atomic E-state index is 14.0. The van der Waals surface area contributed by atoms with Crippen LogP contribution in [0.4, 0.5) is 4.39 Å². The van der Waals surface area contributed by atoms with Crippen molar-refractivity contribution in [2.75, 3.05) is 13.1 Å². The van der Waals surface area contributed by atoms with Crippen LogP contribution in [-0.4, -0.2) is 37.9 Å². The number of halogens is 1. The molecule has 2 aliphatic rings. The van der Waals surface area contributed by atoms with Crippen LogP contribution in [0.15, 0.2) is 23.1 Å². The highest BCUT2D eigenvalue weighted by atomic mass is 32.2. The molecule has 0 aromatic heterocycles. The third-order valence-electron chi connectivity index (χ3n) is 4.19. The van der Waals surface area contributed by atoms with Crippen LogP contribution in [0.2, 0.25) is 0 Å². The Morgan fingerprint density at radius 3 is 2.75 bits per heavy atom. The molecule has 1 aromatic rings. The number of fused-ring (bicyclic) bond motifs is 2. The molecule has 4 nitrogen and oxygen atoms in total. The van der Waals surface area contributed by atoms with Crippen LogP contribution in [0.5, 0.6) is 0 Å². The Hall–Kier alpha value is -0.980. The van der Waals surface area contributed by atoms with Gasteiger partial charge >= 0.3 is 0 Å². The van der Waals surface area contributed by atoms with Gasteiger partial charge in [0.15, 0.2) is 0 Å². The Morgan fingerprint density at radius 2 is 2.00 bits per heavy atom. The summed E-state index contributed by atoms with van der Waals surface area (Å²) in [5.41, 5.74) is 0.720. The van der Waals surface area contributed by atoms with Gasteiger partial charge in [0.25, 0.3) is 0 Å². The second-order valence-corrected chi connectivity index (χ2v) is 7.63. The predicted octanol–water partition coefficient (Wildman–Crippen LogP) is 1.65. The summed E-state index contributed by atoms with van der Waals surface area (Å²) in [6.45, 7) is 2.64. The molecular weight excluding hydrogens is 279 g/mol. The first-order chi connectivity index (χ1) is 9.46. The van der Waals surface area contributed by atoms with Crippen molar-refractivity contribution in [3.8, 4) is 0 Å². The van der Waals surface area contributed by atoms with Crippen LogP contribution in [0.25, 0.3) is 0 Å². The van der Waals surface area contributed by atoms with Crippen molar-refractivity contribution in [2.45, 2.75) is 43.2 Å². The van der Waals surface area contributed by atoms with Crippen LogP contribution in [0, 0.1) is 12.7 Å². The van der Waals surface area contributed by atoms with E-state index < -0.39 is 15.8 Å². The molecule has 0 saturated carbocycles. The monoisotopic (exact) mass is 298 g/mol. The average molecular weight is 298 g/mol. The number of sulfonamides is 1. The first-order valence-corrected chi connectivity index (χ1v) is 8.43. The van der Waals surface area contributed by atoms with Gasteiger partial charge in [0.1, 0.15) is 10.7 Å². The molecule has 0 spiro atoms. The topological polar surface area (TPSA) is 49.4 Å². The smallest absolute Gasteiger partial charge is 0.246 e. The van der Waals surface area contributed by atoms with Gasteiger partial charge in [0.05, 0.1) is 0 Å². The summed E-state index contributed by atoms with van der Waals surface area (Å²) in [6.07, 6.45) is 2.90. The molecule has 0 amide bonds. The molecular formula is C14H19FN2O2S. The van der Waals surface area contributed by atoms with Crippen molar-refractivity contribution in [1.82, 2.24) is 9.62 Å². The number of nitrogens with zero attached hydrogens (tertiary/aromatic N) is 1. The summed E-state index contributed by atoms with van der Waals surface area (Å²) in [6, 6.07) is 4.89. The van der Waals surface area contributed by atoms with Gasteiger partial charge in [-0.1, -0.05) is 6.07 Å². The maximum Gasteiger partial charge on any atom is 0.246 e. The van der Waals surface area contributed by atoms with E-state index >= 15 is 0 Å². The number of benzene rings is 1. The summed E-state index contributed by atoms with van der Waals surface area (Å²) < 4.78 is 40.6. The molecule has 6 heteroatoms. The van der Waals surface area contributed by atoms with Gasteiger partial charge in [-0.2, -0.15) is 4.31 Å². The van der Waals surface area contributed by atoms with Crippen LogP contribution in [0.1, 0.15) is 24.8 Å². The molecule has 1 aromatic carbocycles. The zero-order valence-corrected chi connectivity index (χ0v) is 12.3. The highest BCUT2D eigenvalue weighted by Gasteiger charge is 2.35. The van der Waals surface area contributed by atoms with Crippen molar-refractivity contribution in [3.05, 3.63) is 29.6 Å². The molecule has 110 valence electrons. The van der Waals surface area contributed by atoms with E-state index in [0.29, 0.717) is 19.1 Å². The summed E-state index contributed by atoms with van der Waals surface area (Å²) in [5, 5.41) is 3.43. The van der Waals surface area contributed by atoms with Gasteiger partial charge < -0.3 is 5.32 Å². The molecule has 20 heavy (non-hydrogen) atoms. The van der Waals surface area contributed by atoms with Crippen LogP contribution >= 0.6 is 0 Å². The third-order valence-corrected chi connectivity index (χ3v) is 6.09. The third kappa shape index (κ3) is 2.47. The lowest BCUT2D eigenvalue weighted by Gasteiger charge is -2.23. The first-order valence-electron chi connectivity index (χ1n) is 6.99. The summed E-state index contributed by atoms with van der Waals surface area (Å²) in [5.74, 6) is -0.660. The van der Waals surface area contributed by atoms with E-state index in [1.165, 1.54) is 16.4 Å². The van der Waals surface area contributed by atoms with E-state index in [1.54, 1.807) is 13.0 Å². The second-order valence-electron chi connectivity index (χ2n) is 5.72. The Morgan fingerprint density at radius 1 is 1.25 bits per heavy atom. The number of hydrogen-bond acceptors (Lipinski definition) is 3. The molecule has 0 radical (unpaired) electrons. The molecule has 2 unspecified atom stereocenters. The summed E-state index contributed by atoms with van der Waals surface area (Å²) in [4.78, 5) is -0.208. The van der Waals surface area contributed by atoms with E-state index in [0.717, 1.165) is 24.8 Å². The Balaban J connectivity index is 1.91. The zero-order chi connectivity index (χ0) is 14.3. The van der Waals surface area contributed by atoms with E-state index in [-0.39, 0.29) is 10.9 Å². The predicted molar refractivity (Wildman–Crippen MR) is 74.5 cm³/mol. The zero-order valence-electron chi connectivity index (χ0n) is 11.5. The first kappa shape index (κ1) is 14.0. The molecule has 2 fully saturated rings. The molecule has 1 N–H and O–H groups in total. The van der Waals surface area contributed by atoms with E-state index in [9.17, 15) is 12.8 Å². The van der Waals surface area contributed by atoms with Gasteiger partial charge in [-0.05, 0) is 43.9 Å². The minimum Gasteiger partial charge on any atom is -0.310 e. The van der Waals surface area contributed by atoms with Gasteiger partial charge in [-0.15, -0.1) is 0 Å². The quantitative estimate of drug-likeness (QED) is 0.903. The summed E-state index contributed by atoms with van der Waals surface area (Å²) in [7, 11) is -3.74. The number of hydrogen-bond donors (Lipinski definition) is 1. The van der Waals surface area contributed by atoms with Gasteiger partial charge in [0.2, 0.25) is 10.0 Å². The van der Waals surface area contributed by atoms with Gasteiger partial charge in [-0.25, -0.2) is 12.8 Å². The molecule has 2 bridgehead atoms. The number of nitrogens with one attached hydrogen (secondary N) is 1. The lowest BCUT2D eigenvalue weighted by molar-refractivity contribution is 0.381. The average Bonchev–Trinajstić information content (AvgIpc) is 2.67.